The highest BCUT2D eigenvalue weighted by Gasteiger charge is 2.50. The van der Waals surface area contributed by atoms with Crippen LogP contribution < -0.4 is 9.74 Å². The van der Waals surface area contributed by atoms with E-state index in [1.165, 1.54) is 13.2 Å². The molecule has 0 saturated heterocycles. The Kier molecular flexibility index (Phi) is 9.27. The second-order valence-corrected chi connectivity index (χ2v) is 15.9. The molecule has 2 aromatic carbocycles. The summed E-state index contributed by atoms with van der Waals surface area (Å²) < 4.78 is 22.1. The number of esters is 2. The molecule has 9 heteroatoms. The van der Waals surface area contributed by atoms with Gasteiger partial charge in [-0.3, -0.25) is 0 Å². The lowest BCUT2D eigenvalue weighted by molar-refractivity contribution is -0.146. The zero-order valence-electron chi connectivity index (χ0n) is 23.8. The molecule has 1 amide bonds. The molecule has 0 radical (unpaired) electrons. The molecule has 1 N–H and O–H groups in total. The second kappa shape index (κ2) is 12.1. The number of nitrogens with one attached hydrogen (secondary N) is 1. The van der Waals surface area contributed by atoms with Gasteiger partial charge in [0.15, 0.2) is 5.54 Å². The van der Waals surface area contributed by atoms with Crippen molar-refractivity contribution in [3.05, 3.63) is 77.4 Å². The Morgan fingerprint density at radius 1 is 1.00 bits per heavy atom. The maximum absolute atomic E-state index is 13.0. The van der Waals surface area contributed by atoms with Crippen LogP contribution in [0.3, 0.4) is 0 Å². The van der Waals surface area contributed by atoms with Crippen LogP contribution in [0.4, 0.5) is 4.79 Å². The van der Waals surface area contributed by atoms with Gasteiger partial charge < -0.3 is 24.0 Å². The number of alkyl carbamates (subject to hydrolysis) is 1. The lowest BCUT2D eigenvalue weighted by Crippen LogP contribution is -2.53. The van der Waals surface area contributed by atoms with Crippen LogP contribution in [-0.4, -0.2) is 45.6 Å². The van der Waals surface area contributed by atoms with Gasteiger partial charge in [-0.2, -0.15) is 0 Å². The first kappa shape index (κ1) is 30.0. The number of amides is 1. The summed E-state index contributed by atoms with van der Waals surface area (Å²) in [5.41, 5.74) is 0.239. The van der Waals surface area contributed by atoms with Crippen molar-refractivity contribution < 1.29 is 33.0 Å². The van der Waals surface area contributed by atoms with Gasteiger partial charge in [0.25, 0.3) is 0 Å². The third-order valence-electron chi connectivity index (χ3n) is 7.36. The van der Waals surface area contributed by atoms with E-state index in [4.69, 9.17) is 18.6 Å². The molecule has 2 aromatic rings. The first-order valence-electron chi connectivity index (χ1n) is 13.1. The highest BCUT2D eigenvalue weighted by atomic mass is 28.4. The average molecular weight is 554 g/mol. The molecule has 39 heavy (non-hydrogen) atoms. The van der Waals surface area contributed by atoms with E-state index in [9.17, 15) is 14.4 Å². The normalized spacial score (nSPS) is 19.1. The van der Waals surface area contributed by atoms with E-state index in [1.807, 2.05) is 54.6 Å². The Morgan fingerprint density at radius 2 is 1.64 bits per heavy atom. The number of methoxy groups -OCH3 is 1. The maximum Gasteiger partial charge on any atom is 0.408 e. The van der Waals surface area contributed by atoms with Gasteiger partial charge in [-0.25, -0.2) is 14.4 Å². The summed E-state index contributed by atoms with van der Waals surface area (Å²) in [4.78, 5) is 38.8. The molecule has 0 aliphatic heterocycles. The summed E-state index contributed by atoms with van der Waals surface area (Å²) in [6, 6.07) is 16.7. The van der Waals surface area contributed by atoms with E-state index in [0.29, 0.717) is 0 Å². The van der Waals surface area contributed by atoms with Crippen molar-refractivity contribution in [2.45, 2.75) is 70.3 Å². The van der Waals surface area contributed by atoms with E-state index >= 15 is 0 Å². The molecular weight excluding hydrogens is 514 g/mol. The van der Waals surface area contributed by atoms with Gasteiger partial charge in [0.2, 0.25) is 8.32 Å². The predicted octanol–water partition coefficient (Wildman–Crippen LogP) is 5.89. The molecule has 8 nitrogen and oxygen atoms in total. The molecule has 210 valence electrons. The molecule has 0 unspecified atom stereocenters. The molecule has 0 spiro atoms. The van der Waals surface area contributed by atoms with E-state index in [2.05, 4.69) is 39.2 Å². The van der Waals surface area contributed by atoms with E-state index in [-0.39, 0.29) is 30.2 Å². The van der Waals surface area contributed by atoms with Crippen molar-refractivity contribution in [1.82, 2.24) is 5.32 Å². The zero-order valence-corrected chi connectivity index (χ0v) is 24.8. The Hall–Kier alpha value is -3.59. The molecular formula is C30H39NO7Si. The van der Waals surface area contributed by atoms with Crippen molar-refractivity contribution in [2.24, 2.45) is 0 Å². The van der Waals surface area contributed by atoms with Crippen LogP contribution in [0.2, 0.25) is 18.1 Å². The van der Waals surface area contributed by atoms with E-state index in [0.717, 1.165) is 16.9 Å². The van der Waals surface area contributed by atoms with Crippen molar-refractivity contribution in [2.75, 3.05) is 13.7 Å². The lowest BCUT2D eigenvalue weighted by atomic mass is 9.88. The highest BCUT2D eigenvalue weighted by Crippen LogP contribution is 2.43. The minimum absolute atomic E-state index is 0.0253. The first-order chi connectivity index (χ1) is 18.3. The average Bonchev–Trinajstić information content (AvgIpc) is 3.28. The smallest absolute Gasteiger partial charge is 0.408 e. The minimum Gasteiger partial charge on any atom is -0.544 e. The topological polar surface area (TPSA) is 100 Å². The molecule has 0 heterocycles. The summed E-state index contributed by atoms with van der Waals surface area (Å²) in [7, 11) is -0.803. The Balaban J connectivity index is 1.88. The minimum atomic E-state index is -2.04. The van der Waals surface area contributed by atoms with Crippen molar-refractivity contribution in [1.29, 1.82) is 0 Å². The summed E-state index contributed by atoms with van der Waals surface area (Å²) in [6.07, 6.45) is 0.699. The first-order valence-corrected chi connectivity index (χ1v) is 16.0. The maximum atomic E-state index is 13.0. The quantitative estimate of drug-likeness (QED) is 0.235. The number of benzene rings is 2. The fourth-order valence-electron chi connectivity index (χ4n) is 4.19. The monoisotopic (exact) mass is 553 g/mol. The number of hydrogen-bond donors (Lipinski definition) is 1. The number of ether oxygens (including phenoxy) is 3. The molecule has 3 rings (SSSR count). The lowest BCUT2D eigenvalue weighted by Gasteiger charge is -2.36. The number of carbonyl (C=O) groups excluding carboxylic acids is 3. The molecule has 1 aliphatic rings. The van der Waals surface area contributed by atoms with Crippen LogP contribution in [-0.2, 0) is 30.4 Å². The summed E-state index contributed by atoms with van der Waals surface area (Å²) in [5.74, 6) is -1.05. The molecule has 0 bridgehead atoms. The molecule has 0 fully saturated rings. The van der Waals surface area contributed by atoms with Crippen molar-refractivity contribution >= 4 is 26.3 Å². The Morgan fingerprint density at radius 3 is 2.21 bits per heavy atom. The van der Waals surface area contributed by atoms with Crippen LogP contribution in [0.1, 0.15) is 51.2 Å². The third-order valence-corrected chi connectivity index (χ3v) is 11.7. The molecule has 0 aromatic heterocycles. The summed E-state index contributed by atoms with van der Waals surface area (Å²) in [6.45, 7) is 12.8. The van der Waals surface area contributed by atoms with Crippen LogP contribution >= 0.6 is 0 Å². The Labute approximate surface area is 231 Å². The number of hydrogen-bond acceptors (Lipinski definition) is 7. The molecule has 1 aliphatic carbocycles. The van der Waals surface area contributed by atoms with Crippen molar-refractivity contribution in [3.63, 3.8) is 0 Å². The van der Waals surface area contributed by atoms with Crippen LogP contribution in [0.5, 0.6) is 5.75 Å². The highest BCUT2D eigenvalue weighted by molar-refractivity contribution is 6.74. The van der Waals surface area contributed by atoms with Crippen LogP contribution in [0.15, 0.2) is 66.2 Å². The third kappa shape index (κ3) is 7.09. The zero-order chi connectivity index (χ0) is 28.8. The largest absolute Gasteiger partial charge is 0.544 e. The predicted molar refractivity (Wildman–Crippen MR) is 151 cm³/mol. The van der Waals surface area contributed by atoms with Gasteiger partial charge in [0, 0.05) is 11.5 Å². The van der Waals surface area contributed by atoms with Gasteiger partial charge in [-0.15, -0.1) is 0 Å². The van der Waals surface area contributed by atoms with Crippen molar-refractivity contribution in [3.8, 4) is 5.75 Å². The van der Waals surface area contributed by atoms with Gasteiger partial charge >= 0.3 is 18.0 Å². The van der Waals surface area contributed by atoms with E-state index in [1.54, 1.807) is 6.92 Å². The number of rotatable bonds is 9. The van der Waals surface area contributed by atoms with E-state index < -0.39 is 37.8 Å². The van der Waals surface area contributed by atoms with Gasteiger partial charge in [0.1, 0.15) is 12.4 Å². The Bertz CT molecular complexity index is 1200. The van der Waals surface area contributed by atoms with Crippen LogP contribution in [0, 0.1) is 0 Å². The standard InChI is InChI=1S/C30H39NO7Si/c1-8-36-26(32)25-19-30(27(33)35-5,31-28(34)37-20-21-12-10-9-11-13-21)18-24(25)22-14-16-23(17-15-22)38-39(6,7)29(2,3)4/h9-17,19,24H,8,18,20H2,1-7H3,(H,31,34)/t24-,30-/m0/s1. The molecule has 2 atom stereocenters. The second-order valence-electron chi connectivity index (χ2n) is 11.2. The van der Waals surface area contributed by atoms with Gasteiger partial charge in [-0.05, 0) is 60.8 Å². The summed E-state index contributed by atoms with van der Waals surface area (Å²) >= 11 is 0. The van der Waals surface area contributed by atoms with Gasteiger partial charge in [0.05, 0.1) is 13.7 Å². The fraction of sp³-hybridized carbons (Fsp3) is 0.433. The summed E-state index contributed by atoms with van der Waals surface area (Å²) in [5, 5.41) is 2.70. The van der Waals surface area contributed by atoms with Crippen LogP contribution in [0.25, 0.3) is 0 Å². The SMILES string of the molecule is CCOC(=O)C1=C[C@](NC(=O)OCc2ccccc2)(C(=O)OC)C[C@H]1c1ccc(O[Si](C)(C)C(C)(C)C)cc1. The number of carbonyl (C=O) groups is 3. The molecule has 0 saturated carbocycles. The van der Waals surface area contributed by atoms with Gasteiger partial charge in [-0.1, -0.05) is 63.2 Å². The fourth-order valence-corrected chi connectivity index (χ4v) is 5.22.